The van der Waals surface area contributed by atoms with Crippen LogP contribution in [-0.4, -0.2) is 30.1 Å². The summed E-state index contributed by atoms with van der Waals surface area (Å²) in [5.74, 6) is 0. The van der Waals surface area contributed by atoms with Crippen molar-refractivity contribution in [2.45, 2.75) is 0 Å². The van der Waals surface area contributed by atoms with E-state index in [9.17, 15) is 0 Å². The van der Waals surface area contributed by atoms with Gasteiger partial charge in [-0.05, 0) is 79.9 Å². The smallest absolute Gasteiger partial charge is 0.373 e. The van der Waals surface area contributed by atoms with Crippen molar-refractivity contribution in [1.29, 1.82) is 0 Å². The average molecular weight is 576 g/mol. The molecule has 0 aromatic heterocycles. The number of hydrogen-bond acceptors (Lipinski definition) is 3. The van der Waals surface area contributed by atoms with Crippen molar-refractivity contribution in [1.82, 2.24) is 0 Å². The van der Waals surface area contributed by atoms with Crippen LogP contribution in [0.1, 0.15) is 0 Å². The number of halogens is 3. The summed E-state index contributed by atoms with van der Waals surface area (Å²) in [5.41, 5.74) is 0. The Bertz CT molecular complexity index is 374. The third kappa shape index (κ3) is 3.09. The molecule has 1 aromatic carbocycles. The highest BCUT2D eigenvalue weighted by Gasteiger charge is 2.42. The summed E-state index contributed by atoms with van der Waals surface area (Å²) < 4.78 is 20.0. The summed E-state index contributed by atoms with van der Waals surface area (Å²) in [6.07, 6.45) is 0. The van der Waals surface area contributed by atoms with Gasteiger partial charge in [0.1, 0.15) is 0 Å². The van der Waals surface area contributed by atoms with Crippen LogP contribution in [-0.2, 0) is 13.3 Å². The first-order chi connectivity index (χ1) is 7.50. The first kappa shape index (κ1) is 15.6. The van der Waals surface area contributed by atoms with Gasteiger partial charge in [-0.1, -0.05) is 0 Å². The van der Waals surface area contributed by atoms with Crippen molar-refractivity contribution in [2.75, 3.05) is 21.3 Å². The van der Waals surface area contributed by atoms with Gasteiger partial charge in [0.25, 0.3) is 0 Å². The predicted molar refractivity (Wildman–Crippen MR) is 91.0 cm³/mol. The Morgan fingerprint density at radius 3 is 1.69 bits per heavy atom. The van der Waals surface area contributed by atoms with E-state index in [0.717, 1.165) is 8.76 Å². The van der Waals surface area contributed by atoms with Gasteiger partial charge >= 0.3 is 8.80 Å². The number of benzene rings is 1. The second-order valence-electron chi connectivity index (χ2n) is 2.91. The third-order valence-electron chi connectivity index (χ3n) is 2.15. The lowest BCUT2D eigenvalue weighted by Crippen LogP contribution is -2.56. The molecule has 0 atom stereocenters. The van der Waals surface area contributed by atoms with Gasteiger partial charge in [0, 0.05) is 37.2 Å². The van der Waals surface area contributed by atoms with Crippen LogP contribution in [0.25, 0.3) is 0 Å². The number of hydrogen-bond donors (Lipinski definition) is 0. The fourth-order valence-corrected chi connectivity index (χ4v) is 6.46. The van der Waals surface area contributed by atoms with E-state index in [-0.39, 0.29) is 0 Å². The molecule has 0 bridgehead atoms. The van der Waals surface area contributed by atoms with E-state index in [0.29, 0.717) is 0 Å². The second-order valence-corrected chi connectivity index (χ2v) is 9.28. The van der Waals surface area contributed by atoms with Crippen LogP contribution in [0, 0.1) is 10.7 Å². The highest BCUT2D eigenvalue weighted by Crippen LogP contribution is 2.20. The van der Waals surface area contributed by atoms with E-state index in [4.69, 9.17) is 13.3 Å². The van der Waals surface area contributed by atoms with Crippen molar-refractivity contribution in [3.8, 4) is 0 Å². The molecule has 7 heteroatoms. The second kappa shape index (κ2) is 6.61. The van der Waals surface area contributed by atoms with Gasteiger partial charge in [-0.25, -0.2) is 0 Å². The van der Waals surface area contributed by atoms with E-state index in [1.165, 1.54) is 7.14 Å². The Morgan fingerprint density at radius 1 is 0.812 bits per heavy atom. The fourth-order valence-electron chi connectivity index (χ4n) is 1.34. The zero-order chi connectivity index (χ0) is 12.3. The molecule has 1 rings (SSSR count). The fraction of sp³-hybridized carbons (Fsp3) is 0.333. The van der Waals surface area contributed by atoms with Crippen LogP contribution in [0.2, 0.25) is 0 Å². The summed E-state index contributed by atoms with van der Waals surface area (Å²) in [4.78, 5) is 0. The van der Waals surface area contributed by atoms with Gasteiger partial charge in [0.05, 0.1) is 0 Å². The molecule has 0 heterocycles. The topological polar surface area (TPSA) is 27.7 Å². The van der Waals surface area contributed by atoms with Crippen LogP contribution < -0.4 is 5.19 Å². The molecule has 0 fully saturated rings. The van der Waals surface area contributed by atoms with E-state index >= 15 is 0 Å². The maximum Gasteiger partial charge on any atom is 0.537 e. The monoisotopic (exact) mass is 576 g/mol. The molecule has 0 aliphatic heterocycles. The molecule has 3 nitrogen and oxygen atoms in total. The molecule has 0 aliphatic rings. The van der Waals surface area contributed by atoms with Gasteiger partial charge in [0.2, 0.25) is 0 Å². The third-order valence-corrected chi connectivity index (χ3v) is 9.05. The predicted octanol–water partition coefficient (Wildman–Crippen LogP) is 2.59. The maximum absolute atomic E-state index is 5.48. The van der Waals surface area contributed by atoms with Gasteiger partial charge in [-0.3, -0.25) is 0 Å². The molecule has 0 saturated carbocycles. The lowest BCUT2D eigenvalue weighted by atomic mass is 10.4. The molecule has 16 heavy (non-hydrogen) atoms. The normalized spacial score (nSPS) is 11.9. The molecular weight excluding hydrogens is 565 g/mol. The molecule has 0 unspecified atom stereocenters. The van der Waals surface area contributed by atoms with Gasteiger partial charge < -0.3 is 13.3 Å². The molecule has 0 saturated heterocycles. The van der Waals surface area contributed by atoms with Gasteiger partial charge in [-0.2, -0.15) is 0 Å². The minimum Gasteiger partial charge on any atom is -0.373 e. The van der Waals surface area contributed by atoms with Crippen LogP contribution in [0.4, 0.5) is 0 Å². The van der Waals surface area contributed by atoms with Crippen molar-refractivity contribution in [3.05, 3.63) is 22.8 Å². The number of rotatable bonds is 4. The Balaban J connectivity index is 3.35. The standard InChI is InChI=1S/C9H11I3O3Si/c1-13-16(14-2,15-3)9-5-7(11)6(10)4-8(9)12/h4-5H,1-3H3. The quantitative estimate of drug-likeness (QED) is 0.314. The van der Waals surface area contributed by atoms with Crippen LogP contribution in [0.3, 0.4) is 0 Å². The summed E-state index contributed by atoms with van der Waals surface area (Å²) in [6.45, 7) is 0. The summed E-state index contributed by atoms with van der Waals surface area (Å²) in [7, 11) is 2.17. The van der Waals surface area contributed by atoms with Gasteiger partial charge in [0.15, 0.2) is 0 Å². The Hall–Kier alpha value is 1.51. The molecule has 90 valence electrons. The summed E-state index contributed by atoms with van der Waals surface area (Å²) >= 11 is 6.90. The lowest BCUT2D eigenvalue weighted by molar-refractivity contribution is 0.140. The largest absolute Gasteiger partial charge is 0.537 e. The molecule has 1 aromatic rings. The van der Waals surface area contributed by atoms with Crippen LogP contribution in [0.5, 0.6) is 0 Å². The van der Waals surface area contributed by atoms with E-state index in [1.54, 1.807) is 21.3 Å². The molecular formula is C9H11I3O3Si. The van der Waals surface area contributed by atoms with Crippen molar-refractivity contribution < 1.29 is 13.3 Å². The van der Waals surface area contributed by atoms with Crippen molar-refractivity contribution in [2.24, 2.45) is 0 Å². The van der Waals surface area contributed by atoms with Crippen molar-refractivity contribution in [3.63, 3.8) is 0 Å². The SMILES string of the molecule is CO[Si](OC)(OC)c1cc(I)c(I)cc1I. The minimum atomic E-state index is -2.71. The highest BCUT2D eigenvalue weighted by molar-refractivity contribution is 14.1. The maximum atomic E-state index is 5.48. The van der Waals surface area contributed by atoms with E-state index in [1.807, 2.05) is 0 Å². The average Bonchev–Trinajstić information content (AvgIpc) is 2.28. The van der Waals surface area contributed by atoms with E-state index < -0.39 is 8.80 Å². The zero-order valence-corrected chi connectivity index (χ0v) is 16.5. The van der Waals surface area contributed by atoms with Crippen LogP contribution >= 0.6 is 67.8 Å². The van der Waals surface area contributed by atoms with Crippen LogP contribution in [0.15, 0.2) is 12.1 Å². The Labute approximate surface area is 137 Å². The summed E-state index contributed by atoms with van der Waals surface area (Å²) in [6, 6.07) is 4.18. The highest BCUT2D eigenvalue weighted by atomic mass is 127. The molecule has 0 spiro atoms. The molecule has 0 N–H and O–H groups in total. The minimum absolute atomic E-state index is 1.02. The Kier molecular flexibility index (Phi) is 6.43. The molecule has 0 amide bonds. The van der Waals surface area contributed by atoms with Gasteiger partial charge in [-0.15, -0.1) is 0 Å². The first-order valence-electron chi connectivity index (χ1n) is 4.31. The molecule has 0 aliphatic carbocycles. The lowest BCUT2D eigenvalue weighted by Gasteiger charge is -2.25. The summed E-state index contributed by atoms with van der Waals surface area (Å²) in [5, 5.41) is 1.02. The Morgan fingerprint density at radius 2 is 1.25 bits per heavy atom. The van der Waals surface area contributed by atoms with Crippen molar-refractivity contribution >= 4 is 81.8 Å². The van der Waals surface area contributed by atoms with E-state index in [2.05, 4.69) is 79.9 Å². The zero-order valence-electron chi connectivity index (χ0n) is 9.01. The molecule has 0 radical (unpaired) electrons. The first-order valence-corrected chi connectivity index (χ1v) is 9.27.